The Kier molecular flexibility index (Phi) is 2.65. The van der Waals surface area contributed by atoms with E-state index in [0.29, 0.717) is 5.56 Å². The van der Waals surface area contributed by atoms with E-state index in [0.717, 1.165) is 0 Å². The van der Waals surface area contributed by atoms with Crippen LogP contribution in [-0.4, -0.2) is 13.0 Å². The number of methoxy groups -OCH3 is 1. The summed E-state index contributed by atoms with van der Waals surface area (Å²) in [5.74, 6) is -0.573. The Morgan fingerprint density at radius 3 is 2.67 bits per heavy atom. The summed E-state index contributed by atoms with van der Waals surface area (Å²) in [6.07, 6.45) is 0. The van der Waals surface area contributed by atoms with E-state index in [1.165, 1.54) is 25.3 Å². The van der Waals surface area contributed by atoms with Gasteiger partial charge in [0.1, 0.15) is 5.82 Å². The molecule has 0 heterocycles. The lowest BCUT2D eigenvalue weighted by molar-refractivity contribution is 0.401. The first kappa shape index (κ1) is 9.00. The van der Waals surface area contributed by atoms with E-state index in [-0.39, 0.29) is 10.9 Å². The third-order valence-electron chi connectivity index (χ3n) is 1.33. The van der Waals surface area contributed by atoms with Gasteiger partial charge < -0.3 is 4.74 Å². The fourth-order valence-corrected chi connectivity index (χ4v) is 1.02. The molecule has 1 N–H and O–H groups in total. The van der Waals surface area contributed by atoms with Crippen molar-refractivity contribution in [3.8, 4) is 0 Å². The summed E-state index contributed by atoms with van der Waals surface area (Å²) in [5.41, 5.74) is 0.336. The average molecular weight is 188 g/mol. The van der Waals surface area contributed by atoms with Crippen LogP contribution in [0.5, 0.6) is 0 Å². The van der Waals surface area contributed by atoms with Crippen LogP contribution in [0, 0.1) is 11.2 Å². The highest BCUT2D eigenvalue weighted by Crippen LogP contribution is 2.14. The first-order valence-corrected chi connectivity index (χ1v) is 3.60. The summed E-state index contributed by atoms with van der Waals surface area (Å²) < 4.78 is 17.3. The van der Waals surface area contributed by atoms with E-state index in [4.69, 9.17) is 17.0 Å². The molecule has 0 aliphatic heterocycles. The predicted molar refractivity (Wildman–Crippen MR) is 45.2 cm³/mol. The Bertz CT molecular complexity index is 294. The van der Waals surface area contributed by atoms with Gasteiger partial charge in [0.25, 0.3) is 0 Å². The molecule has 0 aliphatic rings. The maximum atomic E-state index is 12.7. The highest BCUT2D eigenvalue weighted by molar-refractivity contribution is 6.30. The second kappa shape index (κ2) is 3.54. The number of halogens is 2. The van der Waals surface area contributed by atoms with Crippen molar-refractivity contribution in [2.24, 2.45) is 0 Å². The van der Waals surface area contributed by atoms with Gasteiger partial charge in [-0.1, -0.05) is 11.6 Å². The van der Waals surface area contributed by atoms with Gasteiger partial charge in [0.05, 0.1) is 7.11 Å². The Morgan fingerprint density at radius 1 is 1.50 bits per heavy atom. The Labute approximate surface area is 74.4 Å². The Balaban J connectivity index is 3.08. The molecule has 0 bridgehead atoms. The van der Waals surface area contributed by atoms with Gasteiger partial charge in [-0.05, 0) is 18.2 Å². The summed E-state index contributed by atoms with van der Waals surface area (Å²) in [6.45, 7) is 0. The molecule has 1 aromatic carbocycles. The minimum absolute atomic E-state index is 0.101. The summed E-state index contributed by atoms with van der Waals surface area (Å²) in [5, 5.41) is 7.48. The van der Waals surface area contributed by atoms with E-state index in [1.807, 2.05) is 0 Å². The van der Waals surface area contributed by atoms with Crippen molar-refractivity contribution in [2.75, 3.05) is 7.11 Å². The second-order valence-corrected chi connectivity index (χ2v) is 2.63. The monoisotopic (exact) mass is 187 g/mol. The first-order chi connectivity index (χ1) is 5.63. The third kappa shape index (κ3) is 1.95. The van der Waals surface area contributed by atoms with Crippen molar-refractivity contribution in [3.05, 3.63) is 34.6 Å². The number of nitrogens with one attached hydrogen (secondary N) is 1. The van der Waals surface area contributed by atoms with E-state index in [1.54, 1.807) is 0 Å². The number of rotatable bonds is 1. The number of hydrogen-bond acceptors (Lipinski definition) is 2. The van der Waals surface area contributed by atoms with Crippen molar-refractivity contribution in [1.82, 2.24) is 0 Å². The number of ether oxygens (including phenoxy) is 1. The van der Waals surface area contributed by atoms with Gasteiger partial charge in [0, 0.05) is 10.6 Å². The standard InChI is InChI=1S/C8H7ClFNO/c1-12-8(11)5-2-6(9)4-7(10)3-5/h2-4,11H,1H3. The van der Waals surface area contributed by atoms with Crippen LogP contribution in [-0.2, 0) is 4.74 Å². The zero-order valence-corrected chi connectivity index (χ0v) is 7.15. The lowest BCUT2D eigenvalue weighted by atomic mass is 10.2. The van der Waals surface area contributed by atoms with Crippen LogP contribution in [0.4, 0.5) is 4.39 Å². The molecule has 0 radical (unpaired) electrons. The maximum Gasteiger partial charge on any atom is 0.213 e. The van der Waals surface area contributed by atoms with Gasteiger partial charge in [-0.3, -0.25) is 5.41 Å². The lowest BCUT2D eigenvalue weighted by Crippen LogP contribution is -2.01. The summed E-state index contributed by atoms with van der Waals surface area (Å²) in [6, 6.07) is 3.84. The molecular formula is C8H7ClFNO. The molecule has 0 saturated carbocycles. The van der Waals surface area contributed by atoms with Gasteiger partial charge in [-0.15, -0.1) is 0 Å². The first-order valence-electron chi connectivity index (χ1n) is 3.22. The smallest absolute Gasteiger partial charge is 0.213 e. The van der Waals surface area contributed by atoms with Crippen LogP contribution in [0.15, 0.2) is 18.2 Å². The molecule has 0 fully saturated rings. The summed E-state index contributed by atoms with van der Waals surface area (Å²) in [7, 11) is 1.35. The SMILES string of the molecule is COC(=N)c1cc(F)cc(Cl)c1. The van der Waals surface area contributed by atoms with E-state index in [9.17, 15) is 4.39 Å². The van der Waals surface area contributed by atoms with Gasteiger partial charge in [-0.2, -0.15) is 0 Å². The van der Waals surface area contributed by atoms with Gasteiger partial charge in [0.15, 0.2) is 0 Å². The van der Waals surface area contributed by atoms with E-state index < -0.39 is 5.82 Å². The van der Waals surface area contributed by atoms with Crippen molar-refractivity contribution in [3.63, 3.8) is 0 Å². The van der Waals surface area contributed by atoms with Crippen molar-refractivity contribution < 1.29 is 9.13 Å². The molecule has 0 aliphatic carbocycles. The quantitative estimate of drug-likeness (QED) is 0.532. The predicted octanol–water partition coefficient (Wildman–Crippen LogP) is 2.45. The molecular weight excluding hydrogens is 181 g/mol. The van der Waals surface area contributed by atoms with Crippen molar-refractivity contribution in [1.29, 1.82) is 5.41 Å². The normalized spacial score (nSPS) is 9.58. The fraction of sp³-hybridized carbons (Fsp3) is 0.125. The topological polar surface area (TPSA) is 33.1 Å². The summed E-state index contributed by atoms with van der Waals surface area (Å²) in [4.78, 5) is 0. The molecule has 0 spiro atoms. The molecule has 0 saturated heterocycles. The minimum Gasteiger partial charge on any atom is -0.481 e. The van der Waals surface area contributed by atoms with Crippen LogP contribution in [0.2, 0.25) is 5.02 Å². The van der Waals surface area contributed by atoms with Crippen LogP contribution >= 0.6 is 11.6 Å². The van der Waals surface area contributed by atoms with Gasteiger partial charge in [0.2, 0.25) is 5.90 Å². The fourth-order valence-electron chi connectivity index (χ4n) is 0.803. The van der Waals surface area contributed by atoms with Crippen LogP contribution in [0.1, 0.15) is 5.56 Å². The molecule has 1 aromatic rings. The zero-order valence-electron chi connectivity index (χ0n) is 6.40. The maximum absolute atomic E-state index is 12.7. The number of benzene rings is 1. The molecule has 0 atom stereocenters. The Morgan fingerprint density at radius 2 is 2.17 bits per heavy atom. The molecule has 0 aromatic heterocycles. The van der Waals surface area contributed by atoms with E-state index in [2.05, 4.69) is 4.74 Å². The molecule has 12 heavy (non-hydrogen) atoms. The highest BCUT2D eigenvalue weighted by atomic mass is 35.5. The zero-order chi connectivity index (χ0) is 9.14. The lowest BCUT2D eigenvalue weighted by Gasteiger charge is -2.02. The van der Waals surface area contributed by atoms with Crippen LogP contribution in [0.3, 0.4) is 0 Å². The molecule has 2 nitrogen and oxygen atoms in total. The van der Waals surface area contributed by atoms with E-state index >= 15 is 0 Å². The third-order valence-corrected chi connectivity index (χ3v) is 1.55. The molecule has 0 unspecified atom stereocenters. The Hall–Kier alpha value is -1.09. The molecule has 64 valence electrons. The largest absolute Gasteiger partial charge is 0.481 e. The van der Waals surface area contributed by atoms with Gasteiger partial charge in [-0.25, -0.2) is 4.39 Å². The minimum atomic E-state index is -0.473. The van der Waals surface area contributed by atoms with Crippen molar-refractivity contribution in [2.45, 2.75) is 0 Å². The van der Waals surface area contributed by atoms with Crippen molar-refractivity contribution >= 4 is 17.5 Å². The average Bonchev–Trinajstić information content (AvgIpc) is 2.01. The molecule has 1 rings (SSSR count). The molecule has 0 amide bonds. The number of hydrogen-bond donors (Lipinski definition) is 1. The summed E-state index contributed by atoms with van der Waals surface area (Å²) >= 11 is 5.56. The highest BCUT2D eigenvalue weighted by Gasteiger charge is 2.03. The van der Waals surface area contributed by atoms with Gasteiger partial charge >= 0.3 is 0 Å². The van der Waals surface area contributed by atoms with Crippen LogP contribution in [0.25, 0.3) is 0 Å². The molecule has 4 heteroatoms. The second-order valence-electron chi connectivity index (χ2n) is 2.19. The van der Waals surface area contributed by atoms with Crippen LogP contribution < -0.4 is 0 Å².